The van der Waals surface area contributed by atoms with Gasteiger partial charge in [-0.15, -0.1) is 0 Å². The van der Waals surface area contributed by atoms with Gasteiger partial charge in [0.15, 0.2) is 5.75 Å². The van der Waals surface area contributed by atoms with Crippen LogP contribution >= 0.6 is 0 Å². The minimum atomic E-state index is -4.73. The number of aromatic nitrogens is 2. The predicted molar refractivity (Wildman–Crippen MR) is 166 cm³/mol. The number of rotatable bonds is 13. The third-order valence-electron chi connectivity index (χ3n) is 7.79. The molecule has 268 valence electrons. The standard InChI is InChI=1S/C33H33F6N5O6/c1-3-23-16-25(24-15-21(32(34,35)36)6-7-27(24)44(23)31(47)50-8-4-5-29(45)46)42-30-41-18-28(49-10-9-48-2)26(43-30)14-19-11-20(17-40)13-22(12-19)33(37,38)39/h6-7,11-13,15,18,23,25H,3-5,8-10,14,16H2,1-2H3,(H,45,46)(H,41,42,43)/t23-,25+/m1/s1. The summed E-state index contributed by atoms with van der Waals surface area (Å²) < 4.78 is 98.3. The Morgan fingerprint density at radius 1 is 1.06 bits per heavy atom. The van der Waals surface area contributed by atoms with Crippen LogP contribution in [0.5, 0.6) is 5.75 Å². The van der Waals surface area contributed by atoms with Crippen LogP contribution in [0.1, 0.15) is 72.2 Å². The first-order valence-corrected chi connectivity index (χ1v) is 15.4. The highest BCUT2D eigenvalue weighted by Gasteiger charge is 2.39. The number of hydrogen-bond donors (Lipinski definition) is 2. The molecule has 11 nitrogen and oxygen atoms in total. The number of carboxylic acids is 1. The molecule has 0 aliphatic carbocycles. The summed E-state index contributed by atoms with van der Waals surface area (Å²) >= 11 is 0. The van der Waals surface area contributed by atoms with Crippen LogP contribution in [0.15, 0.2) is 42.6 Å². The molecule has 1 aromatic heterocycles. The van der Waals surface area contributed by atoms with E-state index in [0.717, 1.165) is 30.3 Å². The highest BCUT2D eigenvalue weighted by atomic mass is 19.4. The van der Waals surface area contributed by atoms with Crippen molar-refractivity contribution in [2.24, 2.45) is 0 Å². The van der Waals surface area contributed by atoms with Gasteiger partial charge in [-0.25, -0.2) is 14.8 Å². The van der Waals surface area contributed by atoms with E-state index in [0.29, 0.717) is 6.42 Å². The van der Waals surface area contributed by atoms with Crippen molar-refractivity contribution < 1.29 is 55.2 Å². The summed E-state index contributed by atoms with van der Waals surface area (Å²) in [5.41, 5.74) is -1.80. The predicted octanol–water partition coefficient (Wildman–Crippen LogP) is 7.15. The zero-order valence-corrected chi connectivity index (χ0v) is 26.9. The van der Waals surface area contributed by atoms with Crippen molar-refractivity contribution in [2.45, 2.75) is 63.5 Å². The number of nitrogens with zero attached hydrogens (tertiary/aromatic N) is 4. The zero-order valence-electron chi connectivity index (χ0n) is 26.9. The van der Waals surface area contributed by atoms with Gasteiger partial charge in [0.2, 0.25) is 5.95 Å². The smallest absolute Gasteiger partial charge is 0.416 e. The summed E-state index contributed by atoms with van der Waals surface area (Å²) in [5.74, 6) is -1.05. The molecule has 0 spiro atoms. The van der Waals surface area contributed by atoms with Crippen LogP contribution in [0.4, 0.5) is 42.8 Å². The minimum absolute atomic E-state index is 0.0406. The van der Waals surface area contributed by atoms with Crippen molar-refractivity contribution >= 4 is 23.7 Å². The number of ether oxygens (including phenoxy) is 3. The Labute approximate surface area is 282 Å². The van der Waals surface area contributed by atoms with Crippen molar-refractivity contribution in [3.8, 4) is 11.8 Å². The minimum Gasteiger partial charge on any atom is -0.488 e. The number of nitrogens with one attached hydrogen (secondary N) is 1. The molecule has 2 aromatic carbocycles. The fourth-order valence-electron chi connectivity index (χ4n) is 5.45. The largest absolute Gasteiger partial charge is 0.488 e. The highest BCUT2D eigenvalue weighted by molar-refractivity contribution is 5.90. The fourth-order valence-corrected chi connectivity index (χ4v) is 5.45. The Bertz CT molecular complexity index is 1730. The molecule has 3 aromatic rings. The van der Waals surface area contributed by atoms with Gasteiger partial charge in [0.05, 0.1) is 59.6 Å². The first-order valence-electron chi connectivity index (χ1n) is 15.4. The SMILES string of the molecule is CC[C@@H]1C[C@H](Nc2ncc(OCCOC)c(Cc3cc(C#N)cc(C(F)(F)F)c3)n2)c2cc(C(F)(F)F)ccc2N1C(=O)OCCCC(=O)O. The van der Waals surface area contributed by atoms with Crippen LogP contribution < -0.4 is 15.0 Å². The number of alkyl halides is 6. The summed E-state index contributed by atoms with van der Waals surface area (Å²) in [4.78, 5) is 34.0. The molecular formula is C33H33F6N5O6. The van der Waals surface area contributed by atoms with Crippen molar-refractivity contribution in [1.29, 1.82) is 5.26 Å². The number of methoxy groups -OCH3 is 1. The van der Waals surface area contributed by atoms with Crippen molar-refractivity contribution in [1.82, 2.24) is 9.97 Å². The second-order valence-electron chi connectivity index (χ2n) is 11.3. The first kappa shape index (κ1) is 37.7. The molecule has 2 atom stereocenters. The molecule has 0 unspecified atom stereocenters. The normalized spacial score (nSPS) is 15.9. The topological polar surface area (TPSA) is 147 Å². The van der Waals surface area contributed by atoms with Gasteiger partial charge < -0.3 is 24.6 Å². The summed E-state index contributed by atoms with van der Waals surface area (Å²) in [7, 11) is 1.44. The van der Waals surface area contributed by atoms with E-state index >= 15 is 0 Å². The Kier molecular flexibility index (Phi) is 12.1. The third-order valence-corrected chi connectivity index (χ3v) is 7.79. The van der Waals surface area contributed by atoms with E-state index in [-0.39, 0.29) is 85.3 Å². The fraction of sp³-hybridized carbons (Fsp3) is 0.424. The molecule has 4 rings (SSSR count). The third kappa shape index (κ3) is 9.53. The number of carboxylic acid groups (broad SMARTS) is 1. The molecule has 1 aliphatic rings. The van der Waals surface area contributed by atoms with Crippen LogP contribution in [-0.4, -0.2) is 60.1 Å². The van der Waals surface area contributed by atoms with Gasteiger partial charge in [0, 0.05) is 26.0 Å². The van der Waals surface area contributed by atoms with Gasteiger partial charge in [-0.3, -0.25) is 9.69 Å². The maximum Gasteiger partial charge on any atom is 0.416 e. The van der Waals surface area contributed by atoms with Crippen molar-refractivity contribution in [3.05, 3.63) is 76.1 Å². The lowest BCUT2D eigenvalue weighted by Gasteiger charge is -2.40. The van der Waals surface area contributed by atoms with E-state index in [1.54, 1.807) is 13.0 Å². The second-order valence-corrected chi connectivity index (χ2v) is 11.3. The lowest BCUT2D eigenvalue weighted by Crippen LogP contribution is -2.46. The van der Waals surface area contributed by atoms with Gasteiger partial charge in [-0.1, -0.05) is 6.92 Å². The van der Waals surface area contributed by atoms with Crippen LogP contribution in [-0.2, 0) is 33.0 Å². The average molecular weight is 710 g/mol. The summed E-state index contributed by atoms with van der Waals surface area (Å²) in [6.07, 6.45) is -9.01. The number of carbonyl (C=O) groups excluding carboxylic acids is 1. The van der Waals surface area contributed by atoms with Crippen molar-refractivity contribution in [3.63, 3.8) is 0 Å². The number of anilines is 2. The van der Waals surface area contributed by atoms with Gasteiger partial charge in [0.25, 0.3) is 0 Å². The highest BCUT2D eigenvalue weighted by Crippen LogP contribution is 2.43. The number of carbonyl (C=O) groups is 2. The summed E-state index contributed by atoms with van der Waals surface area (Å²) in [5, 5.41) is 21.3. The van der Waals surface area contributed by atoms with Gasteiger partial charge in [-0.05, 0) is 66.8 Å². The quantitative estimate of drug-likeness (QED) is 0.139. The van der Waals surface area contributed by atoms with Crippen LogP contribution in [0.2, 0.25) is 0 Å². The van der Waals surface area contributed by atoms with Crippen LogP contribution in [0.25, 0.3) is 0 Å². The molecule has 0 saturated carbocycles. The van der Waals surface area contributed by atoms with Crippen molar-refractivity contribution in [2.75, 3.05) is 37.1 Å². The average Bonchev–Trinajstić information content (AvgIpc) is 3.06. The Morgan fingerprint density at radius 3 is 2.44 bits per heavy atom. The maximum atomic E-state index is 13.9. The molecule has 0 saturated heterocycles. The van der Waals surface area contributed by atoms with E-state index < -0.39 is 47.6 Å². The lowest BCUT2D eigenvalue weighted by molar-refractivity contribution is -0.138. The first-order chi connectivity index (χ1) is 23.6. The van der Waals surface area contributed by atoms with Crippen LogP contribution in [0, 0.1) is 11.3 Å². The number of fused-ring (bicyclic) bond motifs is 1. The maximum absolute atomic E-state index is 13.9. The van der Waals surface area contributed by atoms with E-state index in [4.69, 9.17) is 19.3 Å². The second kappa shape index (κ2) is 16.1. The number of nitriles is 1. The summed E-state index contributed by atoms with van der Waals surface area (Å²) in [6, 6.07) is 6.05. The van der Waals surface area contributed by atoms with Gasteiger partial charge in [0.1, 0.15) is 6.61 Å². The van der Waals surface area contributed by atoms with Gasteiger partial charge >= 0.3 is 24.4 Å². The number of amides is 1. The van der Waals surface area contributed by atoms with Crippen LogP contribution in [0.3, 0.4) is 0 Å². The zero-order chi connectivity index (χ0) is 36.6. The molecule has 50 heavy (non-hydrogen) atoms. The molecule has 1 aliphatic heterocycles. The van der Waals surface area contributed by atoms with E-state index in [9.17, 15) is 41.2 Å². The Morgan fingerprint density at radius 2 is 1.80 bits per heavy atom. The van der Waals surface area contributed by atoms with E-state index in [1.165, 1.54) is 24.3 Å². The van der Waals surface area contributed by atoms with E-state index in [2.05, 4.69) is 15.3 Å². The number of hydrogen-bond acceptors (Lipinski definition) is 9. The number of aliphatic carboxylic acids is 1. The molecule has 1 amide bonds. The molecule has 0 radical (unpaired) electrons. The summed E-state index contributed by atoms with van der Waals surface area (Å²) in [6.45, 7) is 1.76. The van der Waals surface area contributed by atoms with Gasteiger partial charge in [-0.2, -0.15) is 31.6 Å². The molecule has 0 fully saturated rings. The molecule has 17 heteroatoms. The van der Waals surface area contributed by atoms with E-state index in [1.807, 2.05) is 0 Å². The Balaban J connectivity index is 1.72. The number of benzene rings is 2. The Hall–Kier alpha value is -5.11. The lowest BCUT2D eigenvalue weighted by atomic mass is 9.89. The monoisotopic (exact) mass is 709 g/mol. The number of halogens is 6. The molecule has 0 bridgehead atoms. The molecular weight excluding hydrogens is 676 g/mol. The molecule has 2 heterocycles. The molecule has 2 N–H and O–H groups in total.